The minimum absolute atomic E-state index is 0. The summed E-state index contributed by atoms with van der Waals surface area (Å²) < 4.78 is 7.55. The zero-order valence-electron chi connectivity index (χ0n) is 15.8. The predicted molar refractivity (Wildman–Crippen MR) is 120 cm³/mol. The number of hydrogen-bond donors (Lipinski definition) is 1. The van der Waals surface area contributed by atoms with E-state index in [1.165, 1.54) is 5.56 Å². The summed E-state index contributed by atoms with van der Waals surface area (Å²) in [5.74, 6) is 1.78. The van der Waals surface area contributed by atoms with Crippen molar-refractivity contribution >= 4 is 47.4 Å². The van der Waals surface area contributed by atoms with Gasteiger partial charge in [0.05, 0.1) is 0 Å². The lowest BCUT2D eigenvalue weighted by molar-refractivity contribution is 0.306. The number of ether oxygens (including phenoxy) is 1. The maximum absolute atomic E-state index is 6.19. The first-order valence-corrected chi connectivity index (χ1v) is 10.6. The number of tetrazole rings is 1. The molecule has 0 spiro atoms. The monoisotopic (exact) mass is 473 g/mol. The highest BCUT2D eigenvalue weighted by atomic mass is 35.5. The average molecular weight is 475 g/mol. The van der Waals surface area contributed by atoms with Gasteiger partial charge in [0, 0.05) is 35.0 Å². The Balaban J connectivity index is 0.00000300. The number of benzene rings is 2. The van der Waals surface area contributed by atoms with Crippen molar-refractivity contribution < 1.29 is 4.74 Å². The van der Waals surface area contributed by atoms with E-state index in [-0.39, 0.29) is 12.4 Å². The van der Waals surface area contributed by atoms with Crippen molar-refractivity contribution in [2.45, 2.75) is 24.7 Å². The zero-order valence-corrected chi connectivity index (χ0v) is 19.0. The molecule has 0 saturated heterocycles. The molecule has 1 N–H and O–H groups in total. The quantitative estimate of drug-likeness (QED) is 0.337. The standard InChI is InChI=1S/C19H21Cl2N5OS.ClH/c1-26-19(23-24-25-26)28-9-3-8-22-12-14-4-2-5-17(10-14)27-13-15-6-7-16(20)11-18(15)21;/h2,4-7,10-11,22H,3,8-9,12-13H2,1H3;1H. The SMILES string of the molecule is Cl.Cn1nnnc1SCCCNCc1cccc(OCc2ccc(Cl)cc2Cl)c1. The summed E-state index contributed by atoms with van der Waals surface area (Å²) in [7, 11) is 1.84. The Hall–Kier alpha value is -1.51. The first-order chi connectivity index (χ1) is 13.6. The van der Waals surface area contributed by atoms with Gasteiger partial charge in [-0.25, -0.2) is 4.68 Å². The van der Waals surface area contributed by atoms with E-state index < -0.39 is 0 Å². The third kappa shape index (κ3) is 7.68. The van der Waals surface area contributed by atoms with Gasteiger partial charge in [-0.3, -0.25) is 0 Å². The first kappa shape index (κ1) is 23.8. The van der Waals surface area contributed by atoms with Gasteiger partial charge in [0.25, 0.3) is 0 Å². The number of rotatable bonds is 10. The van der Waals surface area contributed by atoms with Crippen molar-refractivity contribution in [1.29, 1.82) is 0 Å². The Labute approximate surface area is 190 Å². The summed E-state index contributed by atoms with van der Waals surface area (Å²) in [6.45, 7) is 2.11. The number of thioether (sulfide) groups is 1. The molecule has 0 saturated carbocycles. The number of hydrogen-bond acceptors (Lipinski definition) is 6. The number of aryl methyl sites for hydroxylation is 1. The lowest BCUT2D eigenvalue weighted by atomic mass is 10.2. The summed E-state index contributed by atoms with van der Waals surface area (Å²) in [6, 6.07) is 13.5. The molecule has 3 rings (SSSR count). The predicted octanol–water partition coefficient (Wildman–Crippen LogP) is 4.79. The van der Waals surface area contributed by atoms with Gasteiger partial charge < -0.3 is 10.1 Å². The fourth-order valence-corrected chi connectivity index (χ4v) is 3.73. The molecule has 0 aliphatic rings. The van der Waals surface area contributed by atoms with E-state index in [4.69, 9.17) is 27.9 Å². The highest BCUT2D eigenvalue weighted by Gasteiger charge is 2.04. The molecule has 0 fully saturated rings. The molecule has 156 valence electrons. The van der Waals surface area contributed by atoms with Crippen molar-refractivity contribution in [2.75, 3.05) is 12.3 Å². The fraction of sp³-hybridized carbons (Fsp3) is 0.316. The highest BCUT2D eigenvalue weighted by molar-refractivity contribution is 7.99. The maximum atomic E-state index is 6.19. The molecule has 1 heterocycles. The summed E-state index contributed by atoms with van der Waals surface area (Å²) in [6.07, 6.45) is 1.03. The second-order valence-electron chi connectivity index (χ2n) is 6.14. The van der Waals surface area contributed by atoms with Gasteiger partial charge in [-0.2, -0.15) is 0 Å². The Kier molecular flexibility index (Phi) is 10.0. The van der Waals surface area contributed by atoms with Gasteiger partial charge in [0.2, 0.25) is 5.16 Å². The van der Waals surface area contributed by atoms with E-state index in [1.807, 2.05) is 37.4 Å². The van der Waals surface area contributed by atoms with Crippen molar-refractivity contribution in [3.63, 3.8) is 0 Å². The van der Waals surface area contributed by atoms with E-state index in [0.29, 0.717) is 16.7 Å². The molecule has 3 aromatic rings. The second-order valence-corrected chi connectivity index (χ2v) is 8.04. The minimum atomic E-state index is 0. The molecule has 0 amide bonds. The first-order valence-electron chi connectivity index (χ1n) is 8.83. The van der Waals surface area contributed by atoms with Crippen molar-refractivity contribution in [1.82, 2.24) is 25.5 Å². The van der Waals surface area contributed by atoms with Crippen LogP contribution in [0.5, 0.6) is 5.75 Å². The van der Waals surface area contributed by atoms with Gasteiger partial charge in [-0.1, -0.05) is 53.2 Å². The van der Waals surface area contributed by atoms with Gasteiger partial charge in [0.1, 0.15) is 12.4 Å². The molecule has 0 atom stereocenters. The van der Waals surface area contributed by atoms with Crippen LogP contribution in [0, 0.1) is 0 Å². The molecule has 0 aliphatic carbocycles. The summed E-state index contributed by atoms with van der Waals surface area (Å²) >= 11 is 13.8. The molecule has 29 heavy (non-hydrogen) atoms. The number of halogens is 3. The zero-order chi connectivity index (χ0) is 19.8. The van der Waals surface area contributed by atoms with E-state index in [9.17, 15) is 0 Å². The normalized spacial score (nSPS) is 10.6. The van der Waals surface area contributed by atoms with Crippen LogP contribution in [0.25, 0.3) is 0 Å². The van der Waals surface area contributed by atoms with E-state index >= 15 is 0 Å². The van der Waals surface area contributed by atoms with E-state index in [0.717, 1.165) is 41.7 Å². The van der Waals surface area contributed by atoms with Crippen LogP contribution in [0.15, 0.2) is 47.6 Å². The van der Waals surface area contributed by atoms with Crippen LogP contribution in [0.4, 0.5) is 0 Å². The molecule has 0 bridgehead atoms. The summed E-state index contributed by atoms with van der Waals surface area (Å²) in [5, 5.41) is 16.9. The molecule has 0 radical (unpaired) electrons. The van der Waals surface area contributed by atoms with Crippen molar-refractivity contribution in [3.8, 4) is 5.75 Å². The van der Waals surface area contributed by atoms with Crippen molar-refractivity contribution in [3.05, 3.63) is 63.6 Å². The smallest absolute Gasteiger partial charge is 0.209 e. The lowest BCUT2D eigenvalue weighted by Crippen LogP contribution is -2.15. The Morgan fingerprint density at radius 3 is 2.79 bits per heavy atom. The Morgan fingerprint density at radius 1 is 1.17 bits per heavy atom. The third-order valence-corrected chi connectivity index (χ3v) is 5.63. The van der Waals surface area contributed by atoms with Crippen LogP contribution in [0.2, 0.25) is 10.0 Å². The molecule has 0 unspecified atom stereocenters. The van der Waals surface area contributed by atoms with Crippen LogP contribution < -0.4 is 10.1 Å². The van der Waals surface area contributed by atoms with E-state index in [2.05, 4.69) is 26.9 Å². The van der Waals surface area contributed by atoms with Crippen LogP contribution in [-0.4, -0.2) is 32.5 Å². The number of aromatic nitrogens is 4. The van der Waals surface area contributed by atoms with Crippen LogP contribution in [0.3, 0.4) is 0 Å². The second kappa shape index (κ2) is 12.2. The molecular formula is C19H22Cl3N5OS. The lowest BCUT2D eigenvalue weighted by Gasteiger charge is -2.10. The topological polar surface area (TPSA) is 64.9 Å². The van der Waals surface area contributed by atoms with Crippen molar-refractivity contribution in [2.24, 2.45) is 7.05 Å². The van der Waals surface area contributed by atoms with Gasteiger partial charge in [0.15, 0.2) is 0 Å². The molecule has 2 aromatic carbocycles. The largest absolute Gasteiger partial charge is 0.489 e. The van der Waals surface area contributed by atoms with Crippen LogP contribution in [-0.2, 0) is 20.2 Å². The fourth-order valence-electron chi connectivity index (χ4n) is 2.48. The van der Waals surface area contributed by atoms with Crippen LogP contribution >= 0.6 is 47.4 Å². The molecule has 6 nitrogen and oxygen atoms in total. The van der Waals surface area contributed by atoms with Crippen LogP contribution in [0.1, 0.15) is 17.5 Å². The molecule has 10 heteroatoms. The molecule has 0 aliphatic heterocycles. The minimum Gasteiger partial charge on any atom is -0.489 e. The third-order valence-electron chi connectivity index (χ3n) is 3.95. The Morgan fingerprint density at radius 2 is 2.03 bits per heavy atom. The molecule has 1 aromatic heterocycles. The maximum Gasteiger partial charge on any atom is 0.209 e. The van der Waals surface area contributed by atoms with Gasteiger partial charge in [-0.05, 0) is 53.2 Å². The van der Waals surface area contributed by atoms with Gasteiger partial charge >= 0.3 is 0 Å². The van der Waals surface area contributed by atoms with E-state index in [1.54, 1.807) is 22.5 Å². The summed E-state index contributed by atoms with van der Waals surface area (Å²) in [4.78, 5) is 0. The summed E-state index contributed by atoms with van der Waals surface area (Å²) in [5.41, 5.74) is 2.08. The highest BCUT2D eigenvalue weighted by Crippen LogP contribution is 2.23. The molecular weight excluding hydrogens is 453 g/mol. The average Bonchev–Trinajstić information content (AvgIpc) is 3.09. The number of nitrogens with zero attached hydrogens (tertiary/aromatic N) is 4. The number of nitrogens with one attached hydrogen (secondary N) is 1. The Bertz CT molecular complexity index is 909. The van der Waals surface area contributed by atoms with Gasteiger partial charge in [-0.15, -0.1) is 17.5 Å².